The van der Waals surface area contributed by atoms with Gasteiger partial charge in [0.05, 0.1) is 12.0 Å². The lowest BCUT2D eigenvalue weighted by Crippen LogP contribution is -2.37. The zero-order chi connectivity index (χ0) is 24.1. The number of rotatable bonds is 8. The van der Waals surface area contributed by atoms with E-state index < -0.39 is 17.8 Å². The van der Waals surface area contributed by atoms with Gasteiger partial charge in [0, 0.05) is 18.7 Å². The minimum absolute atomic E-state index is 0.0169. The quantitative estimate of drug-likeness (QED) is 0.570. The number of ether oxygens (including phenoxy) is 2. The summed E-state index contributed by atoms with van der Waals surface area (Å²) in [5, 5.41) is 2.26. The molecule has 0 saturated carbocycles. The van der Waals surface area contributed by atoms with Gasteiger partial charge in [-0.05, 0) is 61.5 Å². The third kappa shape index (κ3) is 6.10. The zero-order valence-electron chi connectivity index (χ0n) is 18.2. The van der Waals surface area contributed by atoms with Crippen molar-refractivity contribution in [2.24, 2.45) is 0 Å². The summed E-state index contributed by atoms with van der Waals surface area (Å²) >= 11 is 0.758. The van der Waals surface area contributed by atoms with Crippen molar-refractivity contribution in [1.82, 2.24) is 10.2 Å². The first-order chi connectivity index (χ1) is 15.7. The third-order valence-electron chi connectivity index (χ3n) is 4.68. The van der Waals surface area contributed by atoms with Gasteiger partial charge in [-0.1, -0.05) is 23.3 Å². The summed E-state index contributed by atoms with van der Waals surface area (Å²) in [5.41, 5.74) is 2.90. The second-order valence-electron chi connectivity index (χ2n) is 7.25. The van der Waals surface area contributed by atoms with Crippen LogP contribution in [0.25, 0.3) is 6.08 Å². The molecule has 10 heteroatoms. The molecule has 0 unspecified atom stereocenters. The van der Waals surface area contributed by atoms with E-state index in [0.29, 0.717) is 11.1 Å². The summed E-state index contributed by atoms with van der Waals surface area (Å²) in [5.74, 6) is -0.866. The molecule has 7 nitrogen and oxygen atoms in total. The van der Waals surface area contributed by atoms with Gasteiger partial charge < -0.3 is 14.8 Å². The standard InChI is InChI=1S/C23H22F2N2O5S/c1-13-8-14(2)10-16(9-13)20(28)26-6-7-27-21(29)19(33-23(27)30)12-15-4-5-17(32-22(24)25)18(11-15)31-3/h4-5,8-12,22H,6-7H2,1-3H3,(H,26,28)/b19-12-. The molecule has 1 heterocycles. The monoisotopic (exact) mass is 476 g/mol. The molecule has 3 rings (SSSR count). The number of benzene rings is 2. The molecule has 0 atom stereocenters. The minimum Gasteiger partial charge on any atom is -0.493 e. The number of alkyl halides is 2. The molecule has 1 N–H and O–H groups in total. The lowest BCUT2D eigenvalue weighted by atomic mass is 10.1. The first-order valence-electron chi connectivity index (χ1n) is 9.92. The van der Waals surface area contributed by atoms with Crippen molar-refractivity contribution in [3.05, 3.63) is 63.6 Å². The van der Waals surface area contributed by atoms with Crippen molar-refractivity contribution in [1.29, 1.82) is 0 Å². The Kier molecular flexibility index (Phi) is 7.70. The lowest BCUT2D eigenvalue weighted by Gasteiger charge is -2.13. The Bertz CT molecular complexity index is 1100. The van der Waals surface area contributed by atoms with Crippen LogP contribution < -0.4 is 14.8 Å². The van der Waals surface area contributed by atoms with Crippen LogP contribution in [0.1, 0.15) is 27.0 Å². The number of carbonyl (C=O) groups is 3. The van der Waals surface area contributed by atoms with E-state index in [4.69, 9.17) is 4.74 Å². The molecule has 2 aromatic carbocycles. The molecule has 0 aliphatic carbocycles. The number of nitrogens with one attached hydrogen (secondary N) is 1. The van der Waals surface area contributed by atoms with E-state index in [9.17, 15) is 23.2 Å². The Balaban J connectivity index is 1.64. The molecule has 3 amide bonds. The number of hydrogen-bond acceptors (Lipinski definition) is 6. The van der Waals surface area contributed by atoms with Crippen LogP contribution in [0, 0.1) is 13.8 Å². The highest BCUT2D eigenvalue weighted by atomic mass is 32.2. The van der Waals surface area contributed by atoms with Crippen LogP contribution in [0.5, 0.6) is 11.5 Å². The smallest absolute Gasteiger partial charge is 0.387 e. The first kappa shape index (κ1) is 24.2. The van der Waals surface area contributed by atoms with Gasteiger partial charge in [-0.2, -0.15) is 8.78 Å². The number of halogens is 2. The van der Waals surface area contributed by atoms with E-state index in [-0.39, 0.29) is 35.4 Å². The number of carbonyl (C=O) groups excluding carboxylic acids is 3. The molecule has 0 radical (unpaired) electrons. The van der Waals surface area contributed by atoms with Gasteiger partial charge >= 0.3 is 6.61 Å². The maximum Gasteiger partial charge on any atom is 0.387 e. The van der Waals surface area contributed by atoms with Gasteiger partial charge in [0.1, 0.15) is 0 Å². The van der Waals surface area contributed by atoms with E-state index in [1.807, 2.05) is 19.9 Å². The van der Waals surface area contributed by atoms with Crippen molar-refractivity contribution in [2.75, 3.05) is 20.2 Å². The summed E-state index contributed by atoms with van der Waals surface area (Å²) in [7, 11) is 1.30. The summed E-state index contributed by atoms with van der Waals surface area (Å²) in [6.45, 7) is 0.904. The van der Waals surface area contributed by atoms with Gasteiger partial charge in [0.2, 0.25) is 0 Å². The fraction of sp³-hybridized carbons (Fsp3) is 0.261. The molecule has 0 bridgehead atoms. The van der Waals surface area contributed by atoms with Gasteiger partial charge in [0.15, 0.2) is 11.5 Å². The van der Waals surface area contributed by atoms with Crippen molar-refractivity contribution < 1.29 is 32.6 Å². The lowest BCUT2D eigenvalue weighted by molar-refractivity contribution is -0.122. The molecule has 0 spiro atoms. The Morgan fingerprint density at radius 3 is 2.45 bits per heavy atom. The fourth-order valence-corrected chi connectivity index (χ4v) is 4.17. The second-order valence-corrected chi connectivity index (χ2v) is 8.25. The molecule has 0 aromatic heterocycles. The highest BCUT2D eigenvalue weighted by Crippen LogP contribution is 2.34. The summed E-state index contributed by atoms with van der Waals surface area (Å²) in [6.07, 6.45) is 1.47. The predicted molar refractivity (Wildman–Crippen MR) is 121 cm³/mol. The SMILES string of the molecule is COc1cc(/C=C2\SC(=O)N(CCNC(=O)c3cc(C)cc(C)c3)C2=O)ccc1OC(F)F. The van der Waals surface area contributed by atoms with Crippen LogP contribution in [-0.2, 0) is 4.79 Å². The maximum atomic E-state index is 12.7. The van der Waals surface area contributed by atoms with Gasteiger partial charge in [-0.15, -0.1) is 0 Å². The largest absolute Gasteiger partial charge is 0.493 e. The number of methoxy groups -OCH3 is 1. The van der Waals surface area contributed by atoms with Crippen LogP contribution in [0.4, 0.5) is 13.6 Å². The minimum atomic E-state index is -3.00. The Hall–Kier alpha value is -3.40. The number of amides is 3. The molecular formula is C23H22F2N2O5S. The Labute approximate surface area is 193 Å². The number of imide groups is 1. The maximum absolute atomic E-state index is 12.7. The Morgan fingerprint density at radius 1 is 1.12 bits per heavy atom. The van der Waals surface area contributed by atoms with Crippen molar-refractivity contribution >= 4 is 34.9 Å². The number of nitrogens with zero attached hydrogens (tertiary/aromatic N) is 1. The van der Waals surface area contributed by atoms with Crippen molar-refractivity contribution in [3.8, 4) is 11.5 Å². The molecule has 2 aromatic rings. The zero-order valence-corrected chi connectivity index (χ0v) is 19.0. The fourth-order valence-electron chi connectivity index (χ4n) is 3.30. The van der Waals surface area contributed by atoms with Crippen LogP contribution in [-0.4, -0.2) is 48.8 Å². The van der Waals surface area contributed by atoms with Gasteiger partial charge in [0.25, 0.3) is 17.1 Å². The average molecular weight is 477 g/mol. The van der Waals surface area contributed by atoms with E-state index in [1.54, 1.807) is 12.1 Å². The topological polar surface area (TPSA) is 84.9 Å². The summed E-state index contributed by atoms with van der Waals surface area (Å²) in [4.78, 5) is 38.6. The van der Waals surface area contributed by atoms with Crippen molar-refractivity contribution in [3.63, 3.8) is 0 Å². The van der Waals surface area contributed by atoms with Gasteiger partial charge in [-0.25, -0.2) is 0 Å². The first-order valence-corrected chi connectivity index (χ1v) is 10.7. The summed E-state index contributed by atoms with van der Waals surface area (Å²) < 4.78 is 34.4. The molecular weight excluding hydrogens is 454 g/mol. The van der Waals surface area contributed by atoms with Gasteiger partial charge in [-0.3, -0.25) is 19.3 Å². The Morgan fingerprint density at radius 2 is 1.82 bits per heavy atom. The predicted octanol–water partition coefficient (Wildman–Crippen LogP) is 4.38. The van der Waals surface area contributed by atoms with Crippen LogP contribution in [0.2, 0.25) is 0 Å². The number of thioether (sulfide) groups is 1. The molecule has 174 valence electrons. The number of hydrogen-bond donors (Lipinski definition) is 1. The molecule has 33 heavy (non-hydrogen) atoms. The van der Waals surface area contributed by atoms with E-state index in [0.717, 1.165) is 27.8 Å². The summed E-state index contributed by atoms with van der Waals surface area (Å²) in [6, 6.07) is 9.67. The van der Waals surface area contributed by atoms with Crippen LogP contribution >= 0.6 is 11.8 Å². The molecule has 1 saturated heterocycles. The molecule has 1 aliphatic rings. The van der Waals surface area contributed by atoms with E-state index in [1.165, 1.54) is 31.4 Å². The molecule has 1 aliphatic heterocycles. The number of aryl methyl sites for hydroxylation is 2. The molecule has 1 fully saturated rings. The van der Waals surface area contributed by atoms with E-state index >= 15 is 0 Å². The van der Waals surface area contributed by atoms with Crippen LogP contribution in [0.3, 0.4) is 0 Å². The highest BCUT2D eigenvalue weighted by molar-refractivity contribution is 8.18. The highest BCUT2D eigenvalue weighted by Gasteiger charge is 2.34. The second kappa shape index (κ2) is 10.5. The van der Waals surface area contributed by atoms with Crippen molar-refractivity contribution in [2.45, 2.75) is 20.5 Å². The normalized spacial score (nSPS) is 14.8. The average Bonchev–Trinajstić information content (AvgIpc) is 3.00. The van der Waals surface area contributed by atoms with E-state index in [2.05, 4.69) is 10.1 Å². The third-order valence-corrected chi connectivity index (χ3v) is 5.59. The van der Waals surface area contributed by atoms with Crippen LogP contribution in [0.15, 0.2) is 41.3 Å².